The van der Waals surface area contributed by atoms with Gasteiger partial charge in [0, 0.05) is 13.1 Å². The number of rotatable bonds is 2. The summed E-state index contributed by atoms with van der Waals surface area (Å²) in [5.41, 5.74) is -0.124. The highest BCUT2D eigenvalue weighted by Crippen LogP contribution is 2.13. The Bertz CT molecular complexity index is 541. The number of carbonyl (C=O) groups is 1. The molecule has 1 aliphatic rings. The predicted molar refractivity (Wildman–Crippen MR) is 64.5 cm³/mol. The maximum absolute atomic E-state index is 11.5. The Hall–Kier alpha value is -1.70. The summed E-state index contributed by atoms with van der Waals surface area (Å²) in [7, 11) is -2.97. The van der Waals surface area contributed by atoms with Gasteiger partial charge in [-0.25, -0.2) is 23.2 Å². The summed E-state index contributed by atoms with van der Waals surface area (Å²) in [5.74, 6) is -0.343. The first-order valence-corrected chi connectivity index (χ1v) is 7.31. The molecule has 1 aromatic heterocycles. The molecule has 1 saturated heterocycles. The highest BCUT2D eigenvalue weighted by atomic mass is 32.2. The molecule has 18 heavy (non-hydrogen) atoms. The lowest BCUT2D eigenvalue weighted by molar-refractivity contribution is 0.0690. The monoisotopic (exact) mass is 271 g/mol. The van der Waals surface area contributed by atoms with Crippen molar-refractivity contribution in [3.63, 3.8) is 0 Å². The van der Waals surface area contributed by atoms with E-state index in [1.54, 1.807) is 0 Å². The van der Waals surface area contributed by atoms with E-state index in [1.807, 2.05) is 4.90 Å². The Morgan fingerprint density at radius 3 is 2.61 bits per heavy atom. The van der Waals surface area contributed by atoms with Crippen molar-refractivity contribution in [1.29, 1.82) is 0 Å². The van der Waals surface area contributed by atoms with E-state index in [0.29, 0.717) is 25.3 Å². The topological polar surface area (TPSA) is 100 Å². The number of anilines is 1. The molecule has 0 aromatic carbocycles. The second-order valence-corrected chi connectivity index (χ2v) is 6.36. The summed E-state index contributed by atoms with van der Waals surface area (Å²) in [6.07, 6.45) is 3.09. The SMILES string of the molecule is O=C(O)c1cnc(N2CCCS(=O)(=O)CC2)cn1. The molecule has 7 nitrogen and oxygen atoms in total. The van der Waals surface area contributed by atoms with Gasteiger partial charge in [-0.3, -0.25) is 0 Å². The van der Waals surface area contributed by atoms with Crippen LogP contribution in [-0.2, 0) is 9.84 Å². The molecule has 2 rings (SSSR count). The van der Waals surface area contributed by atoms with Gasteiger partial charge in [-0.2, -0.15) is 0 Å². The fourth-order valence-corrected chi connectivity index (χ4v) is 3.03. The minimum absolute atomic E-state index is 0.0926. The normalized spacial score (nSPS) is 19.2. The lowest BCUT2D eigenvalue weighted by atomic mass is 10.4. The minimum Gasteiger partial charge on any atom is -0.476 e. The van der Waals surface area contributed by atoms with Gasteiger partial charge in [-0.15, -0.1) is 0 Å². The first kappa shape index (κ1) is 12.7. The fourth-order valence-electron chi connectivity index (χ4n) is 1.76. The van der Waals surface area contributed by atoms with Crippen LogP contribution in [0.25, 0.3) is 0 Å². The number of aromatic carboxylic acids is 1. The molecule has 0 saturated carbocycles. The molecule has 0 spiro atoms. The molecule has 0 radical (unpaired) electrons. The van der Waals surface area contributed by atoms with Gasteiger partial charge >= 0.3 is 5.97 Å². The Morgan fingerprint density at radius 1 is 1.22 bits per heavy atom. The smallest absolute Gasteiger partial charge is 0.356 e. The number of hydrogen-bond donors (Lipinski definition) is 1. The van der Waals surface area contributed by atoms with Crippen LogP contribution in [0.2, 0.25) is 0 Å². The van der Waals surface area contributed by atoms with Crippen LogP contribution in [0, 0.1) is 0 Å². The van der Waals surface area contributed by atoms with Crippen molar-refractivity contribution in [2.24, 2.45) is 0 Å². The molecule has 2 heterocycles. The highest BCUT2D eigenvalue weighted by molar-refractivity contribution is 7.91. The number of nitrogens with zero attached hydrogens (tertiary/aromatic N) is 3. The largest absolute Gasteiger partial charge is 0.476 e. The average Bonchev–Trinajstić information content (AvgIpc) is 2.50. The summed E-state index contributed by atoms with van der Waals surface area (Å²) in [4.78, 5) is 20.2. The summed E-state index contributed by atoms with van der Waals surface area (Å²) in [6.45, 7) is 0.948. The van der Waals surface area contributed by atoms with E-state index in [4.69, 9.17) is 5.11 Å². The molecule has 1 fully saturated rings. The average molecular weight is 271 g/mol. The van der Waals surface area contributed by atoms with E-state index in [0.717, 1.165) is 0 Å². The summed E-state index contributed by atoms with van der Waals surface area (Å²) in [6, 6.07) is 0. The molecule has 98 valence electrons. The van der Waals surface area contributed by atoms with Crippen LogP contribution >= 0.6 is 0 Å². The van der Waals surface area contributed by atoms with Gasteiger partial charge in [0.15, 0.2) is 15.5 Å². The Morgan fingerprint density at radius 2 is 2.00 bits per heavy atom. The van der Waals surface area contributed by atoms with Crippen LogP contribution in [0.15, 0.2) is 12.4 Å². The van der Waals surface area contributed by atoms with Crippen LogP contribution in [0.3, 0.4) is 0 Å². The second kappa shape index (κ2) is 4.89. The van der Waals surface area contributed by atoms with Crippen LogP contribution in [0.1, 0.15) is 16.9 Å². The van der Waals surface area contributed by atoms with Crippen molar-refractivity contribution in [1.82, 2.24) is 9.97 Å². The van der Waals surface area contributed by atoms with E-state index in [-0.39, 0.29) is 17.2 Å². The first-order chi connectivity index (χ1) is 8.48. The van der Waals surface area contributed by atoms with Crippen molar-refractivity contribution in [3.05, 3.63) is 18.1 Å². The third kappa shape index (κ3) is 2.95. The fraction of sp³-hybridized carbons (Fsp3) is 0.500. The van der Waals surface area contributed by atoms with Gasteiger partial charge in [0.2, 0.25) is 0 Å². The van der Waals surface area contributed by atoms with Gasteiger partial charge in [-0.05, 0) is 6.42 Å². The third-order valence-corrected chi connectivity index (χ3v) is 4.45. The quantitative estimate of drug-likeness (QED) is 0.794. The second-order valence-electron chi connectivity index (χ2n) is 4.06. The number of carboxylic acid groups (broad SMARTS) is 1. The number of sulfone groups is 1. The van der Waals surface area contributed by atoms with E-state index in [2.05, 4.69) is 9.97 Å². The molecular formula is C10H13N3O4S. The molecule has 0 aliphatic carbocycles. The molecule has 1 N–H and O–H groups in total. The summed E-state index contributed by atoms with van der Waals surface area (Å²) >= 11 is 0. The van der Waals surface area contributed by atoms with Crippen LogP contribution in [0.5, 0.6) is 0 Å². The van der Waals surface area contributed by atoms with Crippen molar-refractivity contribution in [2.45, 2.75) is 6.42 Å². The molecule has 1 aliphatic heterocycles. The first-order valence-electron chi connectivity index (χ1n) is 5.49. The Kier molecular flexibility index (Phi) is 3.46. The molecule has 8 heteroatoms. The van der Waals surface area contributed by atoms with Gasteiger partial charge in [0.05, 0.1) is 23.9 Å². The van der Waals surface area contributed by atoms with Gasteiger partial charge in [0.1, 0.15) is 5.82 Å². The van der Waals surface area contributed by atoms with Crippen molar-refractivity contribution in [3.8, 4) is 0 Å². The maximum Gasteiger partial charge on any atom is 0.356 e. The molecular weight excluding hydrogens is 258 g/mol. The highest BCUT2D eigenvalue weighted by Gasteiger charge is 2.20. The zero-order valence-corrected chi connectivity index (χ0v) is 10.4. The Balaban J connectivity index is 2.14. The lowest BCUT2D eigenvalue weighted by Gasteiger charge is -2.19. The Labute approximate surface area is 104 Å². The van der Waals surface area contributed by atoms with Crippen LogP contribution in [-0.4, -0.2) is 54.1 Å². The number of hydrogen-bond acceptors (Lipinski definition) is 6. The number of aromatic nitrogens is 2. The summed E-state index contributed by atoms with van der Waals surface area (Å²) < 4.78 is 22.9. The predicted octanol–water partition coefficient (Wildman–Crippen LogP) is -0.200. The maximum atomic E-state index is 11.5. The third-order valence-electron chi connectivity index (χ3n) is 2.74. The molecule has 0 atom stereocenters. The van der Waals surface area contributed by atoms with Crippen LogP contribution in [0.4, 0.5) is 5.82 Å². The molecule has 0 amide bonds. The van der Waals surface area contributed by atoms with Gasteiger partial charge < -0.3 is 10.0 Å². The lowest BCUT2D eigenvalue weighted by Crippen LogP contribution is -2.27. The number of carboxylic acids is 1. The summed E-state index contributed by atoms with van der Waals surface area (Å²) in [5, 5.41) is 8.70. The van der Waals surface area contributed by atoms with E-state index in [9.17, 15) is 13.2 Å². The minimum atomic E-state index is -2.97. The van der Waals surface area contributed by atoms with Crippen molar-refractivity contribution >= 4 is 21.6 Å². The van der Waals surface area contributed by atoms with Crippen LogP contribution < -0.4 is 4.90 Å². The van der Waals surface area contributed by atoms with Gasteiger partial charge in [-0.1, -0.05) is 0 Å². The van der Waals surface area contributed by atoms with E-state index in [1.165, 1.54) is 12.4 Å². The van der Waals surface area contributed by atoms with Crippen molar-refractivity contribution in [2.75, 3.05) is 29.5 Å². The van der Waals surface area contributed by atoms with Gasteiger partial charge in [0.25, 0.3) is 0 Å². The van der Waals surface area contributed by atoms with E-state index >= 15 is 0 Å². The zero-order chi connectivity index (χ0) is 13.2. The molecule has 0 unspecified atom stereocenters. The standard InChI is InChI=1S/C10H13N3O4S/c14-10(15)8-6-12-9(7-11-8)13-2-1-4-18(16,17)5-3-13/h6-7H,1-5H2,(H,14,15). The molecule has 1 aromatic rings. The zero-order valence-electron chi connectivity index (χ0n) is 9.61. The van der Waals surface area contributed by atoms with E-state index < -0.39 is 15.8 Å². The molecule has 0 bridgehead atoms. The van der Waals surface area contributed by atoms with Crippen molar-refractivity contribution < 1.29 is 18.3 Å².